The van der Waals surface area contributed by atoms with Crippen molar-refractivity contribution in [3.8, 4) is 5.75 Å². The van der Waals surface area contributed by atoms with Crippen LogP contribution in [0.2, 0.25) is 0 Å². The van der Waals surface area contributed by atoms with Gasteiger partial charge in [0.1, 0.15) is 11.8 Å². The summed E-state index contributed by atoms with van der Waals surface area (Å²) >= 11 is 1.33. The molecular formula is C46H51N4O7PS. The second kappa shape index (κ2) is 17.8. The Bertz CT molecular complexity index is 2390. The normalized spacial score (nSPS) is 22.2. The third kappa shape index (κ3) is 9.00. The molecule has 59 heavy (non-hydrogen) atoms. The van der Waals surface area contributed by atoms with Gasteiger partial charge in [0.05, 0.1) is 23.7 Å². The van der Waals surface area contributed by atoms with Crippen LogP contribution < -0.4 is 14.9 Å². The van der Waals surface area contributed by atoms with E-state index in [-0.39, 0.29) is 54.0 Å². The summed E-state index contributed by atoms with van der Waals surface area (Å²) in [4.78, 5) is 61.3. The first kappa shape index (κ1) is 40.9. The number of hydrogen-bond donors (Lipinski definition) is 2. The molecule has 2 amide bonds. The number of amides is 2. The van der Waals surface area contributed by atoms with Gasteiger partial charge in [0, 0.05) is 53.3 Å². The number of nitrogens with zero attached hydrogens (tertiary/aromatic N) is 2. The zero-order chi connectivity index (χ0) is 41.1. The van der Waals surface area contributed by atoms with Crippen LogP contribution in [0.3, 0.4) is 0 Å². The molecule has 2 aromatic heterocycles. The van der Waals surface area contributed by atoms with Crippen molar-refractivity contribution in [2.75, 3.05) is 19.7 Å². The van der Waals surface area contributed by atoms with Crippen LogP contribution in [0.1, 0.15) is 85.5 Å². The summed E-state index contributed by atoms with van der Waals surface area (Å²) in [5.41, 5.74) is 1.82. The minimum absolute atomic E-state index is 0.0256. The van der Waals surface area contributed by atoms with E-state index in [4.69, 9.17) is 9.26 Å². The van der Waals surface area contributed by atoms with Crippen molar-refractivity contribution < 1.29 is 33.0 Å². The lowest BCUT2D eigenvalue weighted by atomic mass is 9.81. The third-order valence-electron chi connectivity index (χ3n) is 12.2. The number of fused-ring (bicyclic) bond motifs is 3. The van der Waals surface area contributed by atoms with Crippen LogP contribution in [0.25, 0.3) is 20.9 Å². The highest BCUT2D eigenvalue weighted by Crippen LogP contribution is 2.49. The van der Waals surface area contributed by atoms with Gasteiger partial charge < -0.3 is 19.5 Å². The van der Waals surface area contributed by atoms with Gasteiger partial charge in [-0.1, -0.05) is 68.3 Å². The quantitative estimate of drug-likeness (QED) is 0.0638. The molecule has 6 atom stereocenters. The second-order valence-corrected chi connectivity index (χ2v) is 19.5. The lowest BCUT2D eigenvalue weighted by molar-refractivity contribution is -0.145. The highest BCUT2D eigenvalue weighted by atomic mass is 32.1. The van der Waals surface area contributed by atoms with Crippen molar-refractivity contribution >= 4 is 63.3 Å². The Kier molecular flexibility index (Phi) is 12.3. The van der Waals surface area contributed by atoms with E-state index in [0.29, 0.717) is 42.1 Å². The van der Waals surface area contributed by atoms with Crippen LogP contribution in [0.15, 0.2) is 91.3 Å². The number of benzene rings is 3. The molecule has 3 aliphatic rings. The number of esters is 1. The minimum atomic E-state index is -3.78. The fraction of sp³-hybridized carbons (Fsp3) is 0.413. The number of Topliss-reactive ketones (excluding diaryl/α,β-unsaturated/α-hetero) is 1. The van der Waals surface area contributed by atoms with Crippen LogP contribution in [0.4, 0.5) is 0 Å². The molecule has 8 rings (SSSR count). The molecule has 2 saturated carbocycles. The molecule has 1 saturated heterocycles. The second-order valence-electron chi connectivity index (χ2n) is 16.3. The first-order valence-electron chi connectivity index (χ1n) is 20.9. The molecule has 2 N–H and O–H groups in total. The smallest absolute Gasteiger partial charge is 0.323 e. The Balaban J connectivity index is 0.960. The van der Waals surface area contributed by atoms with Gasteiger partial charge >= 0.3 is 13.5 Å². The van der Waals surface area contributed by atoms with Crippen molar-refractivity contribution in [2.24, 2.45) is 17.8 Å². The summed E-state index contributed by atoms with van der Waals surface area (Å²) in [6.07, 6.45) is 8.96. The van der Waals surface area contributed by atoms with Gasteiger partial charge in [-0.05, 0) is 97.2 Å². The maximum Gasteiger partial charge on any atom is 0.323 e. The number of thiophene rings is 1. The number of rotatable bonds is 14. The number of nitrogens with one attached hydrogen (secondary N) is 2. The topological polar surface area (TPSA) is 144 Å². The number of ketones is 1. The van der Waals surface area contributed by atoms with E-state index in [2.05, 4.69) is 15.4 Å². The van der Waals surface area contributed by atoms with Crippen molar-refractivity contribution in [1.82, 2.24) is 20.3 Å². The van der Waals surface area contributed by atoms with Crippen LogP contribution >= 0.6 is 18.9 Å². The fourth-order valence-corrected chi connectivity index (χ4v) is 12.0. The van der Waals surface area contributed by atoms with E-state index in [0.717, 1.165) is 58.5 Å². The predicted octanol–water partition coefficient (Wildman–Crippen LogP) is 8.66. The maximum absolute atomic E-state index is 14.8. The fourth-order valence-electron chi connectivity index (χ4n) is 9.04. The molecule has 13 heteroatoms. The summed E-state index contributed by atoms with van der Waals surface area (Å²) in [6.45, 7) is 5.19. The molecule has 3 heterocycles. The average Bonchev–Trinajstić information content (AvgIpc) is 3.81. The molecule has 2 unspecified atom stereocenters. The highest BCUT2D eigenvalue weighted by Gasteiger charge is 2.50. The van der Waals surface area contributed by atoms with Crippen molar-refractivity contribution in [3.63, 3.8) is 0 Å². The van der Waals surface area contributed by atoms with E-state index in [9.17, 15) is 23.7 Å². The van der Waals surface area contributed by atoms with Gasteiger partial charge in [-0.3, -0.25) is 28.7 Å². The molecule has 2 aliphatic carbocycles. The zero-order valence-electron chi connectivity index (χ0n) is 33.5. The lowest BCUT2D eigenvalue weighted by Gasteiger charge is -2.41. The van der Waals surface area contributed by atoms with Crippen LogP contribution in [-0.4, -0.2) is 65.2 Å². The van der Waals surface area contributed by atoms with E-state index < -0.39 is 25.6 Å². The lowest BCUT2D eigenvalue weighted by Crippen LogP contribution is -2.53. The van der Waals surface area contributed by atoms with E-state index in [1.165, 1.54) is 11.3 Å². The number of ether oxygens (including phenoxy) is 1. The van der Waals surface area contributed by atoms with Crippen LogP contribution in [0, 0.1) is 17.8 Å². The van der Waals surface area contributed by atoms with Crippen molar-refractivity contribution in [2.45, 2.75) is 83.0 Å². The van der Waals surface area contributed by atoms with Gasteiger partial charge in [-0.2, -0.15) is 0 Å². The molecule has 0 bridgehead atoms. The number of hydrogen-bond acceptors (Lipinski definition) is 9. The van der Waals surface area contributed by atoms with Crippen LogP contribution in [-0.2, 0) is 29.8 Å². The molecule has 308 valence electrons. The zero-order valence-corrected chi connectivity index (χ0v) is 35.2. The molecule has 0 radical (unpaired) electrons. The Morgan fingerprint density at radius 1 is 0.966 bits per heavy atom. The Hall–Kier alpha value is -4.90. The van der Waals surface area contributed by atoms with E-state index in [1.54, 1.807) is 25.3 Å². The van der Waals surface area contributed by atoms with Gasteiger partial charge in [0.25, 0.3) is 5.91 Å². The van der Waals surface area contributed by atoms with Crippen LogP contribution in [0.5, 0.6) is 5.75 Å². The number of unbranched alkanes of at least 4 members (excludes halogenated alkanes) is 1. The largest absolute Gasteiger partial charge is 0.465 e. The number of pyridine rings is 1. The standard InChI is InChI=1S/C46H51N4O7PS/c1-3-4-22-56-46(54)29(2)49-58(55,57-39-16-8-11-31-10-5-6-14-36(31)39)28-30-17-20-40-34(23-30)24-41(59-40)44(52)48-38-15-7-12-32-18-19-37(42(32)43(38)51)45(53)50-26-35(27-50)33-13-9-21-47-25-33/h5-6,8-11,13-14,16-17,20-21,23-25,29,32,35,37-38,42H,3-4,7,12,15,18-19,22,26-28H2,1-2H3,(H,48,52)(H,49,55)/t29-,32-,37+,38-,42?,58?/m0/s1. The molecule has 5 aromatic rings. The number of aromatic nitrogens is 1. The van der Waals surface area contributed by atoms with Gasteiger partial charge in [0.15, 0.2) is 5.78 Å². The first-order chi connectivity index (χ1) is 28.6. The number of carbonyl (C=O) groups excluding carboxylic acids is 4. The van der Waals surface area contributed by atoms with Gasteiger partial charge in [-0.25, -0.2) is 5.09 Å². The summed E-state index contributed by atoms with van der Waals surface area (Å²) < 4.78 is 27.4. The number of carbonyl (C=O) groups is 4. The molecule has 11 nitrogen and oxygen atoms in total. The summed E-state index contributed by atoms with van der Waals surface area (Å²) in [6, 6.07) is 23.1. The summed E-state index contributed by atoms with van der Waals surface area (Å²) in [5, 5.41) is 8.56. The van der Waals surface area contributed by atoms with Crippen molar-refractivity contribution in [1.29, 1.82) is 0 Å². The summed E-state index contributed by atoms with van der Waals surface area (Å²) in [7, 11) is -3.78. The molecule has 0 spiro atoms. The Morgan fingerprint density at radius 3 is 2.61 bits per heavy atom. The predicted molar refractivity (Wildman–Crippen MR) is 230 cm³/mol. The van der Waals surface area contributed by atoms with Crippen molar-refractivity contribution in [3.05, 3.63) is 107 Å². The monoisotopic (exact) mass is 834 g/mol. The minimum Gasteiger partial charge on any atom is -0.465 e. The first-order valence-corrected chi connectivity index (χ1v) is 23.5. The Labute approximate surface area is 348 Å². The van der Waals surface area contributed by atoms with E-state index in [1.807, 2.05) is 84.8 Å². The summed E-state index contributed by atoms with van der Waals surface area (Å²) in [5.74, 6) is -0.693. The van der Waals surface area contributed by atoms with Gasteiger partial charge in [0.2, 0.25) is 5.91 Å². The SMILES string of the molecule is CCCCOC(=O)[C@H](C)NP(=O)(Cc1ccc2sc(C(=O)N[C@H]3CCC[C@H]4CC[C@@H](C(=O)N5CC(c6cccnc6)C5)C4C3=O)cc2c1)Oc1cccc2ccccc12. The molecule has 3 aromatic carbocycles. The third-order valence-corrected chi connectivity index (χ3v) is 15.3. The molecular weight excluding hydrogens is 784 g/mol. The van der Waals surface area contributed by atoms with Gasteiger partial charge in [-0.15, -0.1) is 11.3 Å². The Morgan fingerprint density at radius 2 is 1.80 bits per heavy atom. The maximum atomic E-state index is 14.8. The highest BCUT2D eigenvalue weighted by molar-refractivity contribution is 7.56. The molecule has 1 aliphatic heterocycles. The molecule has 3 fully saturated rings. The number of likely N-dealkylation sites (tertiary alicyclic amines) is 1. The van der Waals surface area contributed by atoms with E-state index >= 15 is 0 Å². The average molecular weight is 835 g/mol.